The van der Waals surface area contributed by atoms with Crippen molar-refractivity contribution < 1.29 is 23.4 Å². The number of benzene rings is 1. The lowest BCUT2D eigenvalue weighted by Gasteiger charge is -2.17. The van der Waals surface area contributed by atoms with Gasteiger partial charge in [0.25, 0.3) is 0 Å². The summed E-state index contributed by atoms with van der Waals surface area (Å²) in [6, 6.07) is 3.35. The number of ether oxygens (including phenoxy) is 2. The van der Waals surface area contributed by atoms with Crippen molar-refractivity contribution in [1.82, 2.24) is 5.32 Å². The van der Waals surface area contributed by atoms with E-state index in [1.165, 1.54) is 6.07 Å². The molecular formula is C13H19F2NO3. The van der Waals surface area contributed by atoms with Gasteiger partial charge in [-0.1, -0.05) is 0 Å². The van der Waals surface area contributed by atoms with Crippen molar-refractivity contribution in [1.29, 1.82) is 0 Å². The number of hydrogen-bond acceptors (Lipinski definition) is 4. The van der Waals surface area contributed by atoms with E-state index in [1.54, 1.807) is 7.11 Å². The van der Waals surface area contributed by atoms with E-state index in [1.807, 2.05) is 6.92 Å². The molecule has 19 heavy (non-hydrogen) atoms. The van der Waals surface area contributed by atoms with E-state index >= 15 is 0 Å². The molecule has 0 aliphatic carbocycles. The van der Waals surface area contributed by atoms with Crippen molar-refractivity contribution in [3.8, 4) is 5.75 Å². The van der Waals surface area contributed by atoms with Crippen LogP contribution in [0.4, 0.5) is 8.78 Å². The number of hydrogen-bond donors (Lipinski definition) is 2. The second-order valence-electron chi connectivity index (χ2n) is 4.31. The first-order valence-electron chi connectivity index (χ1n) is 6.01. The number of rotatable bonds is 8. The van der Waals surface area contributed by atoms with Crippen LogP contribution in [0.25, 0.3) is 0 Å². The van der Waals surface area contributed by atoms with Gasteiger partial charge < -0.3 is 19.9 Å². The minimum atomic E-state index is -0.973. The number of aliphatic hydroxyl groups is 1. The molecule has 1 aromatic carbocycles. The fraction of sp³-hybridized carbons (Fsp3) is 0.538. The first-order chi connectivity index (χ1) is 9.02. The van der Waals surface area contributed by atoms with Crippen molar-refractivity contribution in [2.45, 2.75) is 19.1 Å². The standard InChI is InChI=1S/C13H19F2NO3/c1-9(7-18-2)16-6-10(17)8-19-11-3-4-12(14)13(15)5-11/h3-5,9-10,16-17H,6-8H2,1-2H3. The molecule has 2 N–H and O–H groups in total. The number of methoxy groups -OCH3 is 1. The van der Waals surface area contributed by atoms with E-state index < -0.39 is 17.7 Å². The molecule has 1 rings (SSSR count). The first-order valence-corrected chi connectivity index (χ1v) is 6.01. The molecule has 0 bridgehead atoms. The zero-order valence-corrected chi connectivity index (χ0v) is 11.0. The Morgan fingerprint density at radius 3 is 2.63 bits per heavy atom. The average molecular weight is 275 g/mol. The summed E-state index contributed by atoms with van der Waals surface area (Å²) in [7, 11) is 1.60. The van der Waals surface area contributed by atoms with Crippen molar-refractivity contribution in [3.05, 3.63) is 29.8 Å². The van der Waals surface area contributed by atoms with Gasteiger partial charge in [0.2, 0.25) is 0 Å². The largest absolute Gasteiger partial charge is 0.491 e. The molecule has 0 aliphatic heterocycles. The predicted octanol–water partition coefficient (Wildman–Crippen LogP) is 1.33. The van der Waals surface area contributed by atoms with Gasteiger partial charge in [0.15, 0.2) is 11.6 Å². The highest BCUT2D eigenvalue weighted by molar-refractivity contribution is 5.23. The SMILES string of the molecule is COCC(C)NCC(O)COc1ccc(F)c(F)c1. The first kappa shape index (κ1) is 15.8. The third kappa shape index (κ3) is 5.96. The molecule has 0 saturated carbocycles. The van der Waals surface area contributed by atoms with Gasteiger partial charge in [0, 0.05) is 25.8 Å². The van der Waals surface area contributed by atoms with E-state index in [0.29, 0.717) is 13.2 Å². The summed E-state index contributed by atoms with van der Waals surface area (Å²) in [6.07, 6.45) is -0.743. The van der Waals surface area contributed by atoms with E-state index in [0.717, 1.165) is 12.1 Å². The third-order valence-corrected chi connectivity index (χ3v) is 2.45. The number of aliphatic hydroxyl groups excluding tert-OH is 1. The number of nitrogens with one attached hydrogen (secondary N) is 1. The van der Waals surface area contributed by atoms with E-state index in [-0.39, 0.29) is 18.4 Å². The van der Waals surface area contributed by atoms with Gasteiger partial charge in [-0.05, 0) is 19.1 Å². The van der Waals surface area contributed by atoms with Gasteiger partial charge in [-0.2, -0.15) is 0 Å². The molecule has 0 aliphatic rings. The second kappa shape index (κ2) is 8.04. The molecule has 0 fully saturated rings. The van der Waals surface area contributed by atoms with Gasteiger partial charge in [0.1, 0.15) is 18.5 Å². The van der Waals surface area contributed by atoms with Gasteiger partial charge >= 0.3 is 0 Å². The highest BCUT2D eigenvalue weighted by atomic mass is 19.2. The molecule has 0 aromatic heterocycles. The zero-order chi connectivity index (χ0) is 14.3. The summed E-state index contributed by atoms with van der Waals surface area (Å²) in [6.45, 7) is 2.79. The molecule has 108 valence electrons. The maximum absolute atomic E-state index is 12.9. The normalized spacial score (nSPS) is 14.2. The molecule has 1 aromatic rings. The van der Waals surface area contributed by atoms with Crippen molar-refractivity contribution >= 4 is 0 Å². The van der Waals surface area contributed by atoms with Crippen LogP contribution in [0.3, 0.4) is 0 Å². The summed E-state index contributed by atoms with van der Waals surface area (Å²) >= 11 is 0. The zero-order valence-electron chi connectivity index (χ0n) is 11.0. The van der Waals surface area contributed by atoms with Crippen LogP contribution in [0.1, 0.15) is 6.92 Å². The Morgan fingerprint density at radius 2 is 2.00 bits per heavy atom. The minimum absolute atomic E-state index is 0.00221. The summed E-state index contributed by atoms with van der Waals surface area (Å²) < 4.78 is 35.7. The van der Waals surface area contributed by atoms with Crippen molar-refractivity contribution in [2.24, 2.45) is 0 Å². The van der Waals surface area contributed by atoms with Crippen LogP contribution in [0, 0.1) is 11.6 Å². The smallest absolute Gasteiger partial charge is 0.162 e. The molecule has 0 saturated heterocycles. The fourth-order valence-corrected chi connectivity index (χ4v) is 1.46. The molecule has 0 amide bonds. The molecule has 0 heterocycles. The summed E-state index contributed by atoms with van der Waals surface area (Å²) in [5.41, 5.74) is 0. The van der Waals surface area contributed by atoms with Crippen molar-refractivity contribution in [3.63, 3.8) is 0 Å². The van der Waals surface area contributed by atoms with Crippen LogP contribution < -0.4 is 10.1 Å². The Morgan fingerprint density at radius 1 is 1.26 bits per heavy atom. The average Bonchev–Trinajstić information content (AvgIpc) is 2.38. The van der Waals surface area contributed by atoms with Crippen molar-refractivity contribution in [2.75, 3.05) is 26.9 Å². The summed E-state index contributed by atoms with van der Waals surface area (Å²) in [5.74, 6) is -1.72. The van der Waals surface area contributed by atoms with Crippen LogP contribution in [0.2, 0.25) is 0 Å². The summed E-state index contributed by atoms with van der Waals surface area (Å²) in [4.78, 5) is 0. The molecule has 0 radical (unpaired) electrons. The van der Waals surface area contributed by atoms with Gasteiger partial charge in [-0.25, -0.2) is 8.78 Å². The fourth-order valence-electron chi connectivity index (χ4n) is 1.46. The van der Waals surface area contributed by atoms with E-state index in [4.69, 9.17) is 9.47 Å². The third-order valence-electron chi connectivity index (χ3n) is 2.45. The van der Waals surface area contributed by atoms with Crippen LogP contribution in [0.5, 0.6) is 5.75 Å². The Labute approximate surface area is 111 Å². The minimum Gasteiger partial charge on any atom is -0.491 e. The molecule has 4 nitrogen and oxygen atoms in total. The van der Waals surface area contributed by atoms with Crippen LogP contribution >= 0.6 is 0 Å². The predicted molar refractivity (Wildman–Crippen MR) is 67.2 cm³/mol. The lowest BCUT2D eigenvalue weighted by molar-refractivity contribution is 0.0971. The Kier molecular flexibility index (Phi) is 6.69. The van der Waals surface area contributed by atoms with Crippen LogP contribution in [-0.4, -0.2) is 44.1 Å². The maximum atomic E-state index is 12.9. The van der Waals surface area contributed by atoms with Gasteiger partial charge in [0.05, 0.1) is 6.61 Å². The second-order valence-corrected chi connectivity index (χ2v) is 4.31. The Balaban J connectivity index is 2.29. The van der Waals surface area contributed by atoms with E-state index in [9.17, 15) is 13.9 Å². The van der Waals surface area contributed by atoms with Gasteiger partial charge in [-0.3, -0.25) is 0 Å². The lowest BCUT2D eigenvalue weighted by atomic mass is 10.3. The van der Waals surface area contributed by atoms with Crippen LogP contribution in [-0.2, 0) is 4.74 Å². The summed E-state index contributed by atoms with van der Waals surface area (Å²) in [5, 5.41) is 12.7. The molecule has 6 heteroatoms. The monoisotopic (exact) mass is 275 g/mol. The molecular weight excluding hydrogens is 256 g/mol. The molecule has 0 spiro atoms. The highest BCUT2D eigenvalue weighted by Crippen LogP contribution is 2.15. The van der Waals surface area contributed by atoms with E-state index in [2.05, 4.69) is 5.32 Å². The van der Waals surface area contributed by atoms with Crippen LogP contribution in [0.15, 0.2) is 18.2 Å². The Hall–Kier alpha value is -1.24. The quantitative estimate of drug-likeness (QED) is 0.751. The van der Waals surface area contributed by atoms with Gasteiger partial charge in [-0.15, -0.1) is 0 Å². The molecule has 2 unspecified atom stereocenters. The highest BCUT2D eigenvalue weighted by Gasteiger charge is 2.09. The topological polar surface area (TPSA) is 50.7 Å². The number of halogens is 2. The molecule has 2 atom stereocenters. The maximum Gasteiger partial charge on any atom is 0.162 e. The Bertz CT molecular complexity index is 390. The lowest BCUT2D eigenvalue weighted by Crippen LogP contribution is -2.38.